The van der Waals surface area contributed by atoms with Gasteiger partial charge in [-0.3, -0.25) is 14.4 Å². The van der Waals surface area contributed by atoms with Gasteiger partial charge >= 0.3 is 5.97 Å². The maximum atomic E-state index is 12.7. The Morgan fingerprint density at radius 1 is 1.17 bits per heavy atom. The molecule has 1 aromatic carbocycles. The molecule has 0 bridgehead atoms. The van der Waals surface area contributed by atoms with E-state index < -0.39 is 17.9 Å². The molecule has 0 radical (unpaired) electrons. The van der Waals surface area contributed by atoms with Crippen LogP contribution in [0.5, 0.6) is 0 Å². The fraction of sp³-hybridized carbons (Fsp3) is 0.500. The van der Waals surface area contributed by atoms with Crippen LogP contribution in [0.15, 0.2) is 30.3 Å². The van der Waals surface area contributed by atoms with Crippen molar-refractivity contribution in [1.29, 1.82) is 0 Å². The lowest BCUT2D eigenvalue weighted by molar-refractivity contribution is -0.143. The average Bonchev–Trinajstić information content (AvgIpc) is 2.58. The van der Waals surface area contributed by atoms with Gasteiger partial charge in [-0.2, -0.15) is 0 Å². The van der Waals surface area contributed by atoms with Gasteiger partial charge < -0.3 is 15.3 Å². The summed E-state index contributed by atoms with van der Waals surface area (Å²) in [5, 5.41) is 11.8. The lowest BCUT2D eigenvalue weighted by Crippen LogP contribution is -2.51. The maximum Gasteiger partial charge on any atom is 0.308 e. The summed E-state index contributed by atoms with van der Waals surface area (Å²) in [6, 6.07) is 8.02. The first-order valence-corrected chi connectivity index (χ1v) is 8.11. The molecule has 0 saturated heterocycles. The van der Waals surface area contributed by atoms with Crippen molar-refractivity contribution in [2.75, 3.05) is 13.6 Å². The van der Waals surface area contributed by atoms with Crippen LogP contribution in [0.3, 0.4) is 0 Å². The van der Waals surface area contributed by atoms with E-state index in [1.807, 2.05) is 19.9 Å². The van der Waals surface area contributed by atoms with Crippen LogP contribution in [0.25, 0.3) is 0 Å². The van der Waals surface area contributed by atoms with E-state index >= 15 is 0 Å². The summed E-state index contributed by atoms with van der Waals surface area (Å²) in [7, 11) is 1.56. The average molecular weight is 334 g/mol. The normalized spacial score (nSPS) is 14.3. The van der Waals surface area contributed by atoms with Crippen LogP contribution in [0.1, 0.15) is 37.6 Å². The van der Waals surface area contributed by atoms with Crippen molar-refractivity contribution in [3.63, 3.8) is 0 Å². The molecule has 0 heterocycles. The largest absolute Gasteiger partial charge is 0.481 e. The third-order valence-electron chi connectivity index (χ3n) is 4.15. The van der Waals surface area contributed by atoms with Crippen LogP contribution in [0, 0.1) is 11.8 Å². The van der Waals surface area contributed by atoms with Crippen molar-refractivity contribution in [3.05, 3.63) is 35.9 Å². The number of nitrogens with zero attached hydrogens (tertiary/aromatic N) is 1. The van der Waals surface area contributed by atoms with Gasteiger partial charge in [-0.1, -0.05) is 45.4 Å². The third kappa shape index (κ3) is 5.37. The summed E-state index contributed by atoms with van der Waals surface area (Å²) >= 11 is 0. The summed E-state index contributed by atoms with van der Waals surface area (Å²) in [5.74, 6) is -2.27. The molecule has 0 aromatic heterocycles. The molecule has 0 aliphatic rings. The van der Waals surface area contributed by atoms with Crippen molar-refractivity contribution >= 4 is 17.8 Å². The molecule has 0 fully saturated rings. The molecular weight excluding hydrogens is 308 g/mol. The van der Waals surface area contributed by atoms with E-state index in [1.165, 1.54) is 4.90 Å². The first-order valence-electron chi connectivity index (χ1n) is 8.11. The van der Waals surface area contributed by atoms with Gasteiger partial charge in [0, 0.05) is 19.2 Å². The topological polar surface area (TPSA) is 86.7 Å². The fourth-order valence-electron chi connectivity index (χ4n) is 2.31. The van der Waals surface area contributed by atoms with Gasteiger partial charge in [0.2, 0.25) is 5.91 Å². The molecule has 3 atom stereocenters. The summed E-state index contributed by atoms with van der Waals surface area (Å²) in [5.41, 5.74) is 0.486. The van der Waals surface area contributed by atoms with Gasteiger partial charge in [-0.25, -0.2) is 0 Å². The Labute approximate surface area is 142 Å². The standard InChI is InChI=1S/C18H26N2O4/c1-5-12(2)15(17(22)20(4)11-13(3)18(23)24)19-16(21)14-9-7-6-8-10-14/h6-10,12-13,15H,5,11H2,1-4H3,(H,19,21)(H,23,24). The Kier molecular flexibility index (Phi) is 7.42. The molecule has 132 valence electrons. The minimum atomic E-state index is -0.955. The zero-order valence-corrected chi connectivity index (χ0v) is 14.7. The Morgan fingerprint density at radius 3 is 2.25 bits per heavy atom. The molecule has 1 aromatic rings. The first kappa shape index (κ1) is 19.7. The molecule has 6 nitrogen and oxygen atoms in total. The molecule has 0 aliphatic carbocycles. The highest BCUT2D eigenvalue weighted by Crippen LogP contribution is 2.13. The second kappa shape index (κ2) is 9.05. The van der Waals surface area contributed by atoms with Crippen molar-refractivity contribution < 1.29 is 19.5 Å². The van der Waals surface area contributed by atoms with Gasteiger partial charge in [0.1, 0.15) is 6.04 Å². The van der Waals surface area contributed by atoms with E-state index in [1.54, 1.807) is 38.2 Å². The number of rotatable bonds is 8. The van der Waals surface area contributed by atoms with Crippen LogP contribution in [-0.2, 0) is 9.59 Å². The molecule has 0 aliphatic heterocycles. The molecule has 2 N–H and O–H groups in total. The van der Waals surface area contributed by atoms with Crippen molar-refractivity contribution in [2.24, 2.45) is 11.8 Å². The Bertz CT molecular complexity index is 574. The minimum absolute atomic E-state index is 0.0623. The van der Waals surface area contributed by atoms with Crippen LogP contribution in [-0.4, -0.2) is 47.4 Å². The smallest absolute Gasteiger partial charge is 0.308 e. The van der Waals surface area contributed by atoms with Crippen LogP contribution < -0.4 is 5.32 Å². The van der Waals surface area contributed by atoms with Gasteiger partial charge in [0.05, 0.1) is 5.92 Å². The number of amides is 2. The summed E-state index contributed by atoms with van der Waals surface area (Å²) in [6.45, 7) is 5.48. The van der Waals surface area contributed by atoms with Crippen molar-refractivity contribution in [3.8, 4) is 0 Å². The molecule has 2 amide bonds. The third-order valence-corrected chi connectivity index (χ3v) is 4.15. The predicted molar refractivity (Wildman–Crippen MR) is 91.6 cm³/mol. The zero-order valence-electron chi connectivity index (χ0n) is 14.7. The molecular formula is C18H26N2O4. The van der Waals surface area contributed by atoms with Gasteiger partial charge in [-0.05, 0) is 18.1 Å². The van der Waals surface area contributed by atoms with Crippen LogP contribution in [0.4, 0.5) is 0 Å². The highest BCUT2D eigenvalue weighted by Gasteiger charge is 2.30. The van der Waals surface area contributed by atoms with Crippen molar-refractivity contribution in [1.82, 2.24) is 10.2 Å². The Hall–Kier alpha value is -2.37. The first-order chi connectivity index (χ1) is 11.3. The second-order valence-electron chi connectivity index (χ2n) is 6.16. The number of carbonyl (C=O) groups excluding carboxylic acids is 2. The molecule has 3 unspecified atom stereocenters. The number of hydrogen-bond acceptors (Lipinski definition) is 3. The molecule has 0 spiro atoms. The minimum Gasteiger partial charge on any atom is -0.481 e. The maximum absolute atomic E-state index is 12.7. The van der Waals surface area contributed by atoms with Crippen molar-refractivity contribution in [2.45, 2.75) is 33.2 Å². The lowest BCUT2D eigenvalue weighted by Gasteiger charge is -2.29. The molecule has 1 rings (SSSR count). The highest BCUT2D eigenvalue weighted by molar-refractivity contribution is 5.97. The zero-order chi connectivity index (χ0) is 18.3. The summed E-state index contributed by atoms with van der Waals surface area (Å²) in [6.07, 6.45) is 0.716. The SMILES string of the molecule is CCC(C)C(NC(=O)c1ccccc1)C(=O)N(C)CC(C)C(=O)O. The summed E-state index contributed by atoms with van der Waals surface area (Å²) in [4.78, 5) is 37.4. The quantitative estimate of drug-likeness (QED) is 0.761. The van der Waals surface area contributed by atoms with Crippen LogP contribution in [0.2, 0.25) is 0 Å². The molecule has 24 heavy (non-hydrogen) atoms. The fourth-order valence-corrected chi connectivity index (χ4v) is 2.31. The monoisotopic (exact) mass is 334 g/mol. The Balaban J connectivity index is 2.86. The predicted octanol–water partition coefficient (Wildman–Crippen LogP) is 2.01. The molecule has 6 heteroatoms. The van der Waals surface area contributed by atoms with E-state index in [0.717, 1.165) is 0 Å². The van der Waals surface area contributed by atoms with E-state index in [4.69, 9.17) is 5.11 Å². The second-order valence-corrected chi connectivity index (χ2v) is 6.16. The number of carboxylic acids is 1. The number of likely N-dealkylation sites (N-methyl/N-ethyl adjacent to an activating group) is 1. The van der Waals surface area contributed by atoms with E-state index in [9.17, 15) is 14.4 Å². The van der Waals surface area contributed by atoms with Gasteiger partial charge in [-0.15, -0.1) is 0 Å². The number of carboxylic acid groups (broad SMARTS) is 1. The van der Waals surface area contributed by atoms with Crippen LogP contribution >= 0.6 is 0 Å². The summed E-state index contributed by atoms with van der Waals surface area (Å²) < 4.78 is 0. The van der Waals surface area contributed by atoms with E-state index in [2.05, 4.69) is 5.32 Å². The number of hydrogen-bond donors (Lipinski definition) is 2. The van der Waals surface area contributed by atoms with E-state index in [-0.39, 0.29) is 24.3 Å². The number of carbonyl (C=O) groups is 3. The lowest BCUT2D eigenvalue weighted by atomic mass is 9.97. The highest BCUT2D eigenvalue weighted by atomic mass is 16.4. The van der Waals surface area contributed by atoms with E-state index in [0.29, 0.717) is 12.0 Å². The Morgan fingerprint density at radius 2 is 1.75 bits per heavy atom. The van der Waals surface area contributed by atoms with Gasteiger partial charge in [0.15, 0.2) is 0 Å². The molecule has 0 saturated carbocycles. The number of aliphatic carboxylic acids is 1. The number of benzene rings is 1. The number of nitrogens with one attached hydrogen (secondary N) is 1. The van der Waals surface area contributed by atoms with Gasteiger partial charge in [0.25, 0.3) is 5.91 Å².